The number of fused-ring (bicyclic) bond motifs is 2. The molecule has 0 saturated carbocycles. The molecule has 0 aliphatic carbocycles. The normalized spacial score (nSPS) is 12.1. The van der Waals surface area contributed by atoms with Crippen LogP contribution in [-0.4, -0.2) is 9.97 Å². The van der Waals surface area contributed by atoms with Gasteiger partial charge in [-0.3, -0.25) is 0 Å². The fourth-order valence-electron chi connectivity index (χ4n) is 3.07. The van der Waals surface area contributed by atoms with Crippen molar-refractivity contribution in [1.82, 2.24) is 9.97 Å². The van der Waals surface area contributed by atoms with E-state index in [2.05, 4.69) is 42.9 Å². The summed E-state index contributed by atoms with van der Waals surface area (Å²) in [6.07, 6.45) is 0. The van der Waals surface area contributed by atoms with E-state index in [0.29, 0.717) is 5.55 Å². The number of aromatic amines is 1. The lowest BCUT2D eigenvalue weighted by Crippen LogP contribution is -2.06. The summed E-state index contributed by atoms with van der Waals surface area (Å²) in [5, 5.41) is 0.972. The van der Waals surface area contributed by atoms with E-state index in [9.17, 15) is 0 Å². The van der Waals surface area contributed by atoms with Crippen LogP contribution in [0.2, 0.25) is 0 Å². The Bertz CT molecular complexity index is 1350. The van der Waals surface area contributed by atoms with E-state index < -0.39 is 0 Å². The van der Waals surface area contributed by atoms with E-state index in [0.717, 1.165) is 48.0 Å². The Morgan fingerprint density at radius 3 is 2.46 bits per heavy atom. The van der Waals surface area contributed by atoms with Crippen LogP contribution in [0.3, 0.4) is 0 Å². The minimum atomic E-state index is 0.510. The number of halogens is 2. The van der Waals surface area contributed by atoms with Crippen LogP contribution in [0.4, 0.5) is 5.69 Å². The van der Waals surface area contributed by atoms with Crippen molar-refractivity contribution in [2.75, 3.05) is 0 Å². The first-order chi connectivity index (χ1) is 13.7. The summed E-state index contributed by atoms with van der Waals surface area (Å²) in [4.78, 5) is 12.9. The lowest BCUT2D eigenvalue weighted by Gasteiger charge is -2.04. The Balaban J connectivity index is 1.80. The zero-order valence-corrected chi connectivity index (χ0v) is 17.7. The molecule has 0 fully saturated rings. The van der Waals surface area contributed by atoms with Gasteiger partial charge in [-0.05, 0) is 60.7 Å². The summed E-state index contributed by atoms with van der Waals surface area (Å²) in [7, 11) is 0. The molecule has 0 atom stereocenters. The summed E-state index contributed by atoms with van der Waals surface area (Å²) in [5.41, 5.74) is 4.77. The highest BCUT2D eigenvalue weighted by atomic mass is 79.9. The largest absolute Gasteiger partial charge is 0.438 e. The molecule has 0 spiro atoms. The molecule has 2 heterocycles. The maximum atomic E-state index is 6.17. The Labute approximate surface area is 177 Å². The zero-order valence-electron chi connectivity index (χ0n) is 14.5. The van der Waals surface area contributed by atoms with Gasteiger partial charge in [0.25, 0.3) is 0 Å². The molecule has 0 saturated heterocycles. The van der Waals surface area contributed by atoms with E-state index in [1.54, 1.807) is 0 Å². The van der Waals surface area contributed by atoms with E-state index in [4.69, 9.17) is 14.4 Å². The second-order valence-electron chi connectivity index (χ2n) is 6.34. The van der Waals surface area contributed by atoms with Crippen molar-refractivity contribution in [3.8, 4) is 11.4 Å². The molecule has 0 radical (unpaired) electrons. The minimum absolute atomic E-state index is 0.510. The lowest BCUT2D eigenvalue weighted by molar-refractivity contribution is 0.547. The molecular weight excluding hydrogens is 482 g/mol. The lowest BCUT2D eigenvalue weighted by atomic mass is 10.2. The van der Waals surface area contributed by atoms with Gasteiger partial charge in [0.05, 0.1) is 22.3 Å². The van der Waals surface area contributed by atoms with Gasteiger partial charge in [0, 0.05) is 14.3 Å². The molecular formula is C22H13Br2N3O. The number of para-hydroxylation sites is 2. The van der Waals surface area contributed by atoms with Crippen molar-refractivity contribution >= 4 is 59.5 Å². The molecule has 0 bridgehead atoms. The molecule has 6 heteroatoms. The molecule has 1 N–H and O–H groups in total. The Morgan fingerprint density at radius 1 is 0.857 bits per heavy atom. The first-order valence-corrected chi connectivity index (χ1v) is 10.2. The summed E-state index contributed by atoms with van der Waals surface area (Å²) in [6.45, 7) is 0. The highest BCUT2D eigenvalue weighted by Gasteiger charge is 2.11. The van der Waals surface area contributed by atoms with Gasteiger partial charge in [0.2, 0.25) is 5.55 Å². The maximum absolute atomic E-state index is 6.17. The molecule has 5 rings (SSSR count). The fourth-order valence-corrected chi connectivity index (χ4v) is 3.71. The summed E-state index contributed by atoms with van der Waals surface area (Å²) >= 11 is 6.98. The number of nitrogens with one attached hydrogen (secondary N) is 1. The molecule has 136 valence electrons. The van der Waals surface area contributed by atoms with E-state index in [-0.39, 0.29) is 0 Å². The highest BCUT2D eigenvalue weighted by molar-refractivity contribution is 9.10. The van der Waals surface area contributed by atoms with Gasteiger partial charge in [0.1, 0.15) is 11.4 Å². The third-order valence-corrected chi connectivity index (χ3v) is 5.43. The monoisotopic (exact) mass is 493 g/mol. The van der Waals surface area contributed by atoms with Crippen LogP contribution in [0, 0.1) is 0 Å². The third kappa shape index (κ3) is 3.30. The molecule has 0 aliphatic heterocycles. The Morgan fingerprint density at radius 2 is 1.64 bits per heavy atom. The number of H-pyrrole nitrogens is 1. The van der Waals surface area contributed by atoms with Crippen LogP contribution in [0.25, 0.3) is 33.4 Å². The van der Waals surface area contributed by atoms with Crippen LogP contribution in [0.15, 0.2) is 91.2 Å². The fraction of sp³-hybridized carbons (Fsp3) is 0. The van der Waals surface area contributed by atoms with Gasteiger partial charge in [-0.2, -0.15) is 0 Å². The van der Waals surface area contributed by atoms with E-state index in [1.807, 2.05) is 66.7 Å². The van der Waals surface area contributed by atoms with Crippen molar-refractivity contribution in [3.05, 3.63) is 87.3 Å². The molecule has 0 amide bonds. The molecule has 0 unspecified atom stereocenters. The third-order valence-electron chi connectivity index (χ3n) is 4.41. The number of imidazole rings is 1. The van der Waals surface area contributed by atoms with Crippen LogP contribution in [0.1, 0.15) is 0 Å². The molecule has 3 aromatic carbocycles. The second-order valence-corrected chi connectivity index (χ2v) is 8.17. The first-order valence-electron chi connectivity index (χ1n) is 8.64. The first kappa shape index (κ1) is 17.4. The van der Waals surface area contributed by atoms with E-state index in [1.165, 1.54) is 0 Å². The number of benzene rings is 3. The smallest absolute Gasteiger partial charge is 0.230 e. The summed E-state index contributed by atoms with van der Waals surface area (Å²) in [6, 6.07) is 23.7. The van der Waals surface area contributed by atoms with E-state index >= 15 is 0 Å². The summed E-state index contributed by atoms with van der Waals surface area (Å²) in [5.74, 6) is 0.725. The molecule has 2 aromatic heterocycles. The van der Waals surface area contributed by atoms with Crippen LogP contribution in [-0.2, 0) is 0 Å². The van der Waals surface area contributed by atoms with Crippen molar-refractivity contribution < 1.29 is 4.42 Å². The average molecular weight is 495 g/mol. The van der Waals surface area contributed by atoms with Gasteiger partial charge < -0.3 is 9.40 Å². The van der Waals surface area contributed by atoms with Crippen LogP contribution >= 0.6 is 31.9 Å². The highest BCUT2D eigenvalue weighted by Crippen LogP contribution is 2.25. The van der Waals surface area contributed by atoms with Crippen LogP contribution < -0.4 is 5.55 Å². The molecule has 28 heavy (non-hydrogen) atoms. The Kier molecular flexibility index (Phi) is 4.37. The average Bonchev–Trinajstić information content (AvgIpc) is 3.13. The van der Waals surface area contributed by atoms with Crippen molar-refractivity contribution in [1.29, 1.82) is 0 Å². The zero-order chi connectivity index (χ0) is 19.1. The van der Waals surface area contributed by atoms with Crippen LogP contribution in [0.5, 0.6) is 0 Å². The topological polar surface area (TPSA) is 54.2 Å². The van der Waals surface area contributed by atoms with Gasteiger partial charge in [-0.25, -0.2) is 9.98 Å². The van der Waals surface area contributed by atoms with Crippen molar-refractivity contribution in [2.24, 2.45) is 4.99 Å². The van der Waals surface area contributed by atoms with Crippen molar-refractivity contribution in [3.63, 3.8) is 0 Å². The number of nitrogens with zero attached hydrogens (tertiary/aromatic N) is 2. The SMILES string of the molecule is Brc1ccc(N=c2oc3ccc(Br)cc3cc2-c2nc3ccccc3[nH]2)cc1. The molecule has 0 aliphatic rings. The second kappa shape index (κ2) is 7.04. The summed E-state index contributed by atoms with van der Waals surface area (Å²) < 4.78 is 8.17. The minimum Gasteiger partial charge on any atom is -0.438 e. The maximum Gasteiger partial charge on any atom is 0.230 e. The van der Waals surface area contributed by atoms with Gasteiger partial charge >= 0.3 is 0 Å². The number of rotatable bonds is 2. The van der Waals surface area contributed by atoms with Gasteiger partial charge in [0.15, 0.2) is 0 Å². The quantitative estimate of drug-likeness (QED) is 0.295. The van der Waals surface area contributed by atoms with Gasteiger partial charge in [-0.1, -0.05) is 44.0 Å². The predicted octanol–water partition coefficient (Wildman–Crippen LogP) is 6.73. The molecule has 5 aromatic rings. The number of hydrogen-bond donors (Lipinski definition) is 1. The van der Waals surface area contributed by atoms with Gasteiger partial charge in [-0.15, -0.1) is 0 Å². The number of aromatic nitrogens is 2. The van der Waals surface area contributed by atoms with Crippen molar-refractivity contribution in [2.45, 2.75) is 0 Å². The molecule has 4 nitrogen and oxygen atoms in total. The Hall–Kier alpha value is -2.70. The standard InChI is InChI=1S/C22H13Br2N3O/c23-14-5-8-16(9-6-14)25-22-17(12-13-11-15(24)7-10-20(13)28-22)21-26-18-3-1-2-4-19(18)27-21/h1-12H,(H,26,27). The predicted molar refractivity (Wildman–Crippen MR) is 118 cm³/mol. The number of hydrogen-bond acceptors (Lipinski definition) is 3.